The summed E-state index contributed by atoms with van der Waals surface area (Å²) in [4.78, 5) is 4.05. The van der Waals surface area contributed by atoms with Crippen LogP contribution in [0.4, 0.5) is 13.2 Å². The molecule has 0 saturated carbocycles. The third-order valence-electron chi connectivity index (χ3n) is 1.82. The lowest BCUT2D eigenvalue weighted by Crippen LogP contribution is -2.15. The fraction of sp³-hybridized carbons (Fsp3) is 0.667. The van der Waals surface area contributed by atoms with Crippen LogP contribution in [0, 0.1) is 0 Å². The van der Waals surface area contributed by atoms with Crippen LogP contribution in [0.15, 0.2) is 11.6 Å². The van der Waals surface area contributed by atoms with E-state index in [9.17, 15) is 13.2 Å². The molecule has 1 N–H and O–H groups in total. The van der Waals surface area contributed by atoms with E-state index in [4.69, 9.17) is 0 Å². The Bertz CT molecular complexity index is 259. The van der Waals surface area contributed by atoms with Crippen LogP contribution < -0.4 is 5.32 Å². The zero-order valence-electron chi connectivity index (χ0n) is 8.18. The average Bonchev–Trinajstić information content (AvgIpc) is 2.61. The van der Waals surface area contributed by atoms with Gasteiger partial charge in [-0.15, -0.1) is 11.3 Å². The quantitative estimate of drug-likeness (QED) is 0.771. The zero-order chi connectivity index (χ0) is 11.1. The van der Waals surface area contributed by atoms with E-state index < -0.39 is 12.6 Å². The molecule has 0 radical (unpaired) electrons. The molecule has 0 aliphatic carbocycles. The predicted octanol–water partition coefficient (Wildman–Crippen LogP) is 2.97. The van der Waals surface area contributed by atoms with Gasteiger partial charge in [0.25, 0.3) is 0 Å². The Balaban J connectivity index is 1.94. The highest BCUT2D eigenvalue weighted by molar-refractivity contribution is 7.09. The highest BCUT2D eigenvalue weighted by atomic mass is 32.1. The standard InChI is InChI=1S/C9H13F3N2S/c10-9(11,12)3-1-2-4-13-7-8-14-5-6-15-8/h5-6,13H,1-4,7H2. The molecular formula is C9H13F3N2S. The van der Waals surface area contributed by atoms with Crippen LogP contribution >= 0.6 is 11.3 Å². The maximum absolute atomic E-state index is 11.8. The molecule has 0 aromatic carbocycles. The highest BCUT2D eigenvalue weighted by Gasteiger charge is 2.25. The lowest BCUT2D eigenvalue weighted by molar-refractivity contribution is -0.135. The number of unbranched alkanes of at least 4 members (excludes halogenated alkanes) is 1. The first-order valence-electron chi connectivity index (χ1n) is 4.74. The molecule has 15 heavy (non-hydrogen) atoms. The van der Waals surface area contributed by atoms with E-state index in [1.807, 2.05) is 5.38 Å². The zero-order valence-corrected chi connectivity index (χ0v) is 9.00. The number of hydrogen-bond donors (Lipinski definition) is 1. The molecule has 1 heterocycles. The minimum absolute atomic E-state index is 0.189. The van der Waals surface area contributed by atoms with Gasteiger partial charge in [0.1, 0.15) is 5.01 Å². The first-order valence-corrected chi connectivity index (χ1v) is 5.62. The minimum Gasteiger partial charge on any atom is -0.310 e. The summed E-state index contributed by atoms with van der Waals surface area (Å²) in [5.41, 5.74) is 0. The van der Waals surface area contributed by atoms with Gasteiger partial charge in [-0.05, 0) is 19.4 Å². The predicted molar refractivity (Wildman–Crippen MR) is 53.7 cm³/mol. The Hall–Kier alpha value is -0.620. The van der Waals surface area contributed by atoms with Crippen LogP contribution in [0.1, 0.15) is 24.3 Å². The first-order chi connectivity index (χ1) is 7.08. The summed E-state index contributed by atoms with van der Waals surface area (Å²) in [5, 5.41) is 5.89. The van der Waals surface area contributed by atoms with Gasteiger partial charge in [0.15, 0.2) is 0 Å². The minimum atomic E-state index is -4.02. The molecular weight excluding hydrogens is 225 g/mol. The largest absolute Gasteiger partial charge is 0.389 e. The number of nitrogens with zero attached hydrogens (tertiary/aromatic N) is 1. The van der Waals surface area contributed by atoms with Crippen molar-refractivity contribution in [2.24, 2.45) is 0 Å². The summed E-state index contributed by atoms with van der Waals surface area (Å²) in [6.07, 6.45) is -2.26. The summed E-state index contributed by atoms with van der Waals surface area (Å²) in [5.74, 6) is 0. The van der Waals surface area contributed by atoms with Crippen LogP contribution in [0.3, 0.4) is 0 Å². The van der Waals surface area contributed by atoms with Crippen molar-refractivity contribution in [3.63, 3.8) is 0 Å². The van der Waals surface area contributed by atoms with Crippen molar-refractivity contribution in [3.8, 4) is 0 Å². The number of aromatic nitrogens is 1. The monoisotopic (exact) mass is 238 g/mol. The molecule has 1 aromatic heterocycles. The maximum Gasteiger partial charge on any atom is 0.389 e. The van der Waals surface area contributed by atoms with Gasteiger partial charge in [-0.1, -0.05) is 0 Å². The van der Waals surface area contributed by atoms with Crippen molar-refractivity contribution in [3.05, 3.63) is 16.6 Å². The molecule has 1 aromatic rings. The van der Waals surface area contributed by atoms with E-state index in [2.05, 4.69) is 10.3 Å². The van der Waals surface area contributed by atoms with Crippen LogP contribution in [-0.2, 0) is 6.54 Å². The van der Waals surface area contributed by atoms with E-state index >= 15 is 0 Å². The molecule has 2 nitrogen and oxygen atoms in total. The Morgan fingerprint density at radius 3 is 2.73 bits per heavy atom. The van der Waals surface area contributed by atoms with E-state index in [0.29, 0.717) is 19.5 Å². The van der Waals surface area contributed by atoms with Crippen molar-refractivity contribution < 1.29 is 13.2 Å². The van der Waals surface area contributed by atoms with Gasteiger partial charge in [0.2, 0.25) is 0 Å². The third-order valence-corrected chi connectivity index (χ3v) is 2.60. The summed E-state index contributed by atoms with van der Waals surface area (Å²) in [7, 11) is 0. The Kier molecular flexibility index (Phi) is 5.04. The molecule has 0 amide bonds. The van der Waals surface area contributed by atoms with E-state index in [-0.39, 0.29) is 6.42 Å². The number of hydrogen-bond acceptors (Lipinski definition) is 3. The van der Waals surface area contributed by atoms with Crippen molar-refractivity contribution >= 4 is 11.3 Å². The number of alkyl halides is 3. The molecule has 86 valence electrons. The van der Waals surface area contributed by atoms with Crippen LogP contribution in [0.2, 0.25) is 0 Å². The second-order valence-electron chi connectivity index (χ2n) is 3.17. The maximum atomic E-state index is 11.8. The third kappa shape index (κ3) is 6.46. The average molecular weight is 238 g/mol. The number of rotatable bonds is 6. The fourth-order valence-electron chi connectivity index (χ4n) is 1.11. The summed E-state index contributed by atoms with van der Waals surface area (Å²) >= 11 is 1.54. The Labute approximate surface area is 90.5 Å². The molecule has 1 rings (SSSR count). The van der Waals surface area contributed by atoms with Gasteiger partial charge in [-0.2, -0.15) is 13.2 Å². The molecule has 0 aliphatic rings. The van der Waals surface area contributed by atoms with Crippen LogP contribution in [0.25, 0.3) is 0 Å². The highest BCUT2D eigenvalue weighted by Crippen LogP contribution is 2.21. The molecule has 0 fully saturated rings. The molecule has 0 bridgehead atoms. The summed E-state index contributed by atoms with van der Waals surface area (Å²) in [6.45, 7) is 1.25. The van der Waals surface area contributed by atoms with Gasteiger partial charge in [0.05, 0.1) is 0 Å². The van der Waals surface area contributed by atoms with E-state index in [1.54, 1.807) is 6.20 Å². The van der Waals surface area contributed by atoms with Gasteiger partial charge in [-0.25, -0.2) is 4.98 Å². The Morgan fingerprint density at radius 2 is 2.13 bits per heavy atom. The molecule has 6 heteroatoms. The molecule has 0 spiro atoms. The molecule has 0 saturated heterocycles. The normalized spacial score (nSPS) is 11.9. The SMILES string of the molecule is FC(F)(F)CCCCNCc1nccs1. The smallest absolute Gasteiger partial charge is 0.310 e. The molecule has 0 aliphatic heterocycles. The fourth-order valence-corrected chi connectivity index (χ4v) is 1.70. The van der Waals surface area contributed by atoms with E-state index in [1.165, 1.54) is 11.3 Å². The Morgan fingerprint density at radius 1 is 1.33 bits per heavy atom. The van der Waals surface area contributed by atoms with Crippen molar-refractivity contribution in [1.82, 2.24) is 10.3 Å². The number of halogens is 3. The van der Waals surface area contributed by atoms with Crippen molar-refractivity contribution in [1.29, 1.82) is 0 Å². The van der Waals surface area contributed by atoms with Gasteiger partial charge in [-0.3, -0.25) is 0 Å². The summed E-state index contributed by atoms with van der Waals surface area (Å²) < 4.78 is 35.3. The van der Waals surface area contributed by atoms with Crippen molar-refractivity contribution in [2.75, 3.05) is 6.54 Å². The summed E-state index contributed by atoms with van der Waals surface area (Å²) in [6, 6.07) is 0. The van der Waals surface area contributed by atoms with Gasteiger partial charge in [0, 0.05) is 24.5 Å². The van der Waals surface area contributed by atoms with Crippen LogP contribution in [-0.4, -0.2) is 17.7 Å². The topological polar surface area (TPSA) is 24.9 Å². The lowest BCUT2D eigenvalue weighted by atomic mass is 10.2. The van der Waals surface area contributed by atoms with Gasteiger partial charge < -0.3 is 5.32 Å². The van der Waals surface area contributed by atoms with Gasteiger partial charge >= 0.3 is 6.18 Å². The second kappa shape index (κ2) is 6.07. The number of thiazole rings is 1. The van der Waals surface area contributed by atoms with E-state index in [0.717, 1.165) is 5.01 Å². The molecule has 0 unspecified atom stereocenters. The number of nitrogens with one attached hydrogen (secondary N) is 1. The van der Waals surface area contributed by atoms with Crippen LogP contribution in [0.5, 0.6) is 0 Å². The lowest BCUT2D eigenvalue weighted by Gasteiger charge is -2.05. The second-order valence-corrected chi connectivity index (χ2v) is 4.15. The van der Waals surface area contributed by atoms with Crippen molar-refractivity contribution in [2.45, 2.75) is 32.0 Å². The molecule has 0 atom stereocenters. The first kappa shape index (κ1) is 12.4.